The van der Waals surface area contributed by atoms with Crippen molar-refractivity contribution >= 4 is 23.3 Å². The molecule has 0 spiro atoms. The first-order chi connectivity index (χ1) is 13.1. The maximum atomic E-state index is 12.8. The van der Waals surface area contributed by atoms with Crippen LogP contribution in [-0.4, -0.2) is 38.0 Å². The van der Waals surface area contributed by atoms with Gasteiger partial charge in [0.05, 0.1) is 18.4 Å². The molecule has 3 heterocycles. The van der Waals surface area contributed by atoms with E-state index >= 15 is 0 Å². The Morgan fingerprint density at radius 3 is 2.56 bits per heavy atom. The number of carbonyl (C=O) groups excluding carboxylic acids is 1. The van der Waals surface area contributed by atoms with Gasteiger partial charge in [-0.15, -0.1) is 0 Å². The van der Waals surface area contributed by atoms with E-state index in [4.69, 9.17) is 11.6 Å². The molecule has 2 aliphatic heterocycles. The van der Waals surface area contributed by atoms with Crippen molar-refractivity contribution < 1.29 is 4.79 Å². The molecule has 27 heavy (non-hydrogen) atoms. The molecule has 1 N–H and O–H groups in total. The normalized spacial score (nSPS) is 31.8. The predicted molar refractivity (Wildman–Crippen MR) is 104 cm³/mol. The highest BCUT2D eigenvalue weighted by Gasteiger charge is 2.46. The number of piperidine rings is 1. The van der Waals surface area contributed by atoms with Gasteiger partial charge in [-0.25, -0.2) is 4.79 Å². The van der Waals surface area contributed by atoms with Gasteiger partial charge >= 0.3 is 6.03 Å². The van der Waals surface area contributed by atoms with Crippen LogP contribution < -0.4 is 5.32 Å². The van der Waals surface area contributed by atoms with Crippen LogP contribution >= 0.6 is 11.6 Å². The third kappa shape index (κ3) is 2.90. The lowest BCUT2D eigenvalue weighted by molar-refractivity contribution is -0.00601. The molecule has 2 saturated heterocycles. The second kappa shape index (κ2) is 6.51. The van der Waals surface area contributed by atoms with Crippen molar-refractivity contribution in [1.82, 2.24) is 19.9 Å². The van der Waals surface area contributed by atoms with Gasteiger partial charge < -0.3 is 10.2 Å². The van der Waals surface area contributed by atoms with E-state index < -0.39 is 0 Å². The number of halogens is 1. The Morgan fingerprint density at radius 2 is 1.89 bits per heavy atom. The van der Waals surface area contributed by atoms with Gasteiger partial charge in [-0.2, -0.15) is 15.0 Å². The van der Waals surface area contributed by atoms with Crippen molar-refractivity contribution in [2.75, 3.05) is 5.32 Å². The number of urea groups is 1. The summed E-state index contributed by atoms with van der Waals surface area (Å²) in [7, 11) is 0. The van der Waals surface area contributed by atoms with Crippen LogP contribution in [-0.2, 0) is 0 Å². The first-order valence-corrected chi connectivity index (χ1v) is 10.2. The van der Waals surface area contributed by atoms with E-state index in [0.29, 0.717) is 12.1 Å². The fourth-order valence-corrected chi connectivity index (χ4v) is 5.35. The molecule has 1 aromatic carbocycles. The van der Waals surface area contributed by atoms with Crippen molar-refractivity contribution in [3.63, 3.8) is 0 Å². The standard InChI is InChI=1S/C20H24ClN5O/c1-12-8-14-11-15(9-12)25(14)20(27)24-13-2-4-18(21)17(10-13)16-3-5-19(16)26-22-6-7-23-26/h2,4,6-7,10,12,14-16,19H,3,5,8-9,11H2,1H3,(H,24,27)/t12?,14-,15?,16+,19+/m1/s1. The minimum absolute atomic E-state index is 0.0234. The fourth-order valence-electron chi connectivity index (χ4n) is 5.09. The quantitative estimate of drug-likeness (QED) is 0.848. The van der Waals surface area contributed by atoms with E-state index in [9.17, 15) is 4.79 Å². The molecule has 4 aliphatic rings. The van der Waals surface area contributed by atoms with Gasteiger partial charge in [0.1, 0.15) is 0 Å². The number of amides is 2. The summed E-state index contributed by atoms with van der Waals surface area (Å²) in [6, 6.07) is 6.88. The van der Waals surface area contributed by atoms with Gasteiger partial charge in [-0.05, 0) is 61.8 Å². The molecule has 2 amide bonds. The van der Waals surface area contributed by atoms with Crippen LogP contribution in [0.3, 0.4) is 0 Å². The average molecular weight is 386 g/mol. The number of rotatable bonds is 3. The summed E-state index contributed by atoms with van der Waals surface area (Å²) in [4.78, 5) is 16.6. The van der Waals surface area contributed by atoms with E-state index in [2.05, 4.69) is 22.4 Å². The fraction of sp³-hybridized carbons (Fsp3) is 0.550. The van der Waals surface area contributed by atoms with Crippen LogP contribution in [0.4, 0.5) is 10.5 Å². The second-order valence-corrected chi connectivity index (χ2v) is 8.70. The molecule has 4 fully saturated rings. The van der Waals surface area contributed by atoms with Gasteiger partial charge in [0, 0.05) is 28.7 Å². The summed E-state index contributed by atoms with van der Waals surface area (Å²) >= 11 is 6.49. The SMILES string of the molecule is CC1CC2C[C@@H](C1)N2C(=O)Nc1ccc(Cl)c([C@@H]2CC[C@@H]2n2nccn2)c1. The molecule has 1 aromatic heterocycles. The summed E-state index contributed by atoms with van der Waals surface area (Å²) < 4.78 is 0. The second-order valence-electron chi connectivity index (χ2n) is 8.29. The van der Waals surface area contributed by atoms with Crippen molar-refractivity contribution in [2.45, 2.75) is 63.1 Å². The number of anilines is 1. The molecule has 7 heteroatoms. The maximum absolute atomic E-state index is 12.8. The highest BCUT2D eigenvalue weighted by Crippen LogP contribution is 2.48. The zero-order valence-electron chi connectivity index (χ0n) is 15.4. The van der Waals surface area contributed by atoms with Crippen molar-refractivity contribution in [3.05, 3.63) is 41.2 Å². The Morgan fingerprint density at radius 1 is 1.15 bits per heavy atom. The Kier molecular flexibility index (Phi) is 4.11. The topological polar surface area (TPSA) is 63.1 Å². The van der Waals surface area contributed by atoms with Crippen LogP contribution in [0.2, 0.25) is 5.02 Å². The van der Waals surface area contributed by atoms with Crippen LogP contribution in [0, 0.1) is 5.92 Å². The van der Waals surface area contributed by atoms with Gasteiger partial charge in [-0.1, -0.05) is 18.5 Å². The highest BCUT2D eigenvalue weighted by atomic mass is 35.5. The monoisotopic (exact) mass is 385 g/mol. The molecule has 6 nitrogen and oxygen atoms in total. The Bertz CT molecular complexity index is 842. The molecule has 142 valence electrons. The molecule has 2 unspecified atom stereocenters. The van der Waals surface area contributed by atoms with Gasteiger partial charge in [-0.3, -0.25) is 0 Å². The molecule has 2 bridgehead atoms. The summed E-state index contributed by atoms with van der Waals surface area (Å²) in [5.41, 5.74) is 1.89. The number of hydrogen-bond donors (Lipinski definition) is 1. The third-order valence-electron chi connectivity index (χ3n) is 6.53. The maximum Gasteiger partial charge on any atom is 0.322 e. The van der Waals surface area contributed by atoms with Crippen LogP contribution in [0.25, 0.3) is 0 Å². The van der Waals surface area contributed by atoms with Crippen molar-refractivity contribution in [3.8, 4) is 0 Å². The zero-order chi connectivity index (χ0) is 18.5. The minimum atomic E-state index is 0.0234. The number of aromatic nitrogens is 3. The molecule has 0 radical (unpaired) electrons. The van der Waals surface area contributed by atoms with Crippen molar-refractivity contribution in [1.29, 1.82) is 0 Å². The predicted octanol–water partition coefficient (Wildman–Crippen LogP) is 4.45. The first-order valence-electron chi connectivity index (χ1n) is 9.84. The Hall–Kier alpha value is -2.08. The minimum Gasteiger partial charge on any atom is -0.318 e. The molecule has 2 saturated carbocycles. The van der Waals surface area contributed by atoms with E-state index in [1.807, 2.05) is 23.1 Å². The van der Waals surface area contributed by atoms with E-state index in [1.165, 1.54) is 0 Å². The van der Waals surface area contributed by atoms with Crippen LogP contribution in [0.5, 0.6) is 0 Å². The van der Waals surface area contributed by atoms with Gasteiger partial charge in [0.25, 0.3) is 0 Å². The molecule has 5 atom stereocenters. The lowest BCUT2D eigenvalue weighted by Crippen LogP contribution is -2.63. The number of hydrogen-bond acceptors (Lipinski definition) is 3. The van der Waals surface area contributed by atoms with Gasteiger partial charge in [0.2, 0.25) is 0 Å². The number of fused-ring (bicyclic) bond motifs is 2. The Balaban J connectivity index is 1.32. The number of nitrogens with zero attached hydrogens (tertiary/aromatic N) is 4. The number of benzene rings is 1. The summed E-state index contributed by atoms with van der Waals surface area (Å²) in [6.07, 6.45) is 8.91. The molecule has 6 rings (SSSR count). The lowest BCUT2D eigenvalue weighted by Gasteiger charge is -2.54. The van der Waals surface area contributed by atoms with E-state index in [1.54, 1.807) is 17.2 Å². The lowest BCUT2D eigenvalue weighted by atomic mass is 9.74. The van der Waals surface area contributed by atoms with Crippen LogP contribution in [0.15, 0.2) is 30.6 Å². The third-order valence-corrected chi connectivity index (χ3v) is 6.88. The summed E-state index contributed by atoms with van der Waals surface area (Å²) in [5.74, 6) is 1.01. The summed E-state index contributed by atoms with van der Waals surface area (Å²) in [6.45, 7) is 2.28. The zero-order valence-corrected chi connectivity index (χ0v) is 16.1. The van der Waals surface area contributed by atoms with Gasteiger partial charge in [0.15, 0.2) is 0 Å². The first kappa shape index (κ1) is 17.0. The largest absolute Gasteiger partial charge is 0.322 e. The molecular weight excluding hydrogens is 362 g/mol. The summed E-state index contributed by atoms with van der Waals surface area (Å²) in [5, 5.41) is 12.4. The smallest absolute Gasteiger partial charge is 0.318 e. The molecular formula is C20H24ClN5O. The average Bonchev–Trinajstić information content (AvgIpc) is 3.10. The number of nitrogens with one attached hydrogen (secondary N) is 1. The van der Waals surface area contributed by atoms with E-state index in [0.717, 1.165) is 54.3 Å². The van der Waals surface area contributed by atoms with Crippen molar-refractivity contribution in [2.24, 2.45) is 5.92 Å². The Labute approximate surface area is 163 Å². The molecule has 2 aromatic rings. The number of carbonyl (C=O) groups is 1. The molecule has 2 aliphatic carbocycles. The van der Waals surface area contributed by atoms with E-state index in [-0.39, 0.29) is 18.0 Å². The van der Waals surface area contributed by atoms with Crippen LogP contribution in [0.1, 0.15) is 56.6 Å². The highest BCUT2D eigenvalue weighted by molar-refractivity contribution is 6.31.